The van der Waals surface area contributed by atoms with E-state index in [-0.39, 0.29) is 12.4 Å². The maximum absolute atomic E-state index is 4.71. The summed E-state index contributed by atoms with van der Waals surface area (Å²) in [6.45, 7) is 1.30. The second kappa shape index (κ2) is 10.2. The van der Waals surface area contributed by atoms with E-state index in [1.165, 1.54) is 0 Å². The molecule has 0 aromatic heterocycles. The average Bonchev–Trinajstić information content (AvgIpc) is 1.69. The van der Waals surface area contributed by atoms with E-state index in [2.05, 4.69) is 4.84 Å². The highest BCUT2D eigenvalue weighted by atomic mass is 35.5. The van der Waals surface area contributed by atoms with Gasteiger partial charge >= 0.3 is 0 Å². The lowest BCUT2D eigenvalue weighted by Gasteiger charge is -1.93. The smallest absolute Gasteiger partial charge is 0.0701 e. The van der Waals surface area contributed by atoms with E-state index in [1.54, 1.807) is 7.11 Å². The lowest BCUT2D eigenvalue weighted by molar-refractivity contribution is 0.104. The van der Waals surface area contributed by atoms with Crippen molar-refractivity contribution in [2.45, 2.75) is 6.42 Å². The van der Waals surface area contributed by atoms with Crippen LogP contribution in [0.5, 0.6) is 0 Å². The lowest BCUT2D eigenvalue weighted by Crippen LogP contribution is -2.03. The number of halogens is 1. The number of hydrogen-bond acceptors (Lipinski definition) is 3. The highest BCUT2D eigenvalue weighted by Gasteiger charge is 1.80. The van der Waals surface area contributed by atoms with Crippen molar-refractivity contribution in [2.24, 2.45) is 5.90 Å². The molecule has 0 heterocycles. The summed E-state index contributed by atoms with van der Waals surface area (Å²) in [6, 6.07) is 0. The molecule has 0 spiro atoms. The van der Waals surface area contributed by atoms with Gasteiger partial charge in [0.25, 0.3) is 0 Å². The molecule has 0 rings (SSSR count). The van der Waals surface area contributed by atoms with Crippen LogP contribution in [0.25, 0.3) is 0 Å². The average molecular weight is 142 g/mol. The molecule has 0 aromatic rings. The zero-order chi connectivity index (χ0) is 5.54. The van der Waals surface area contributed by atoms with E-state index < -0.39 is 0 Å². The molecule has 0 saturated heterocycles. The summed E-state index contributed by atoms with van der Waals surface area (Å²) in [5.41, 5.74) is 0. The molecule has 52 valence electrons. The van der Waals surface area contributed by atoms with Gasteiger partial charge < -0.3 is 9.57 Å². The largest absolute Gasteiger partial charge is 0.385 e. The molecule has 0 atom stereocenters. The van der Waals surface area contributed by atoms with Crippen LogP contribution in [0.4, 0.5) is 0 Å². The highest BCUT2D eigenvalue weighted by molar-refractivity contribution is 5.85. The normalized spacial score (nSPS) is 8.25. The molecule has 0 aliphatic carbocycles. The van der Waals surface area contributed by atoms with Gasteiger partial charge in [-0.05, 0) is 6.42 Å². The second-order valence-electron chi connectivity index (χ2n) is 1.22. The monoisotopic (exact) mass is 141 g/mol. The standard InChI is InChI=1S/C4H11NO2.ClH/c1-6-3-2-4-7-5;/h2-5H2,1H3;1H. The van der Waals surface area contributed by atoms with Crippen LogP contribution in [-0.4, -0.2) is 20.3 Å². The summed E-state index contributed by atoms with van der Waals surface area (Å²) in [6.07, 6.45) is 0.868. The van der Waals surface area contributed by atoms with Gasteiger partial charge in [0.2, 0.25) is 0 Å². The minimum Gasteiger partial charge on any atom is -0.385 e. The van der Waals surface area contributed by atoms with Crippen molar-refractivity contribution in [2.75, 3.05) is 20.3 Å². The van der Waals surface area contributed by atoms with Crippen LogP contribution in [0, 0.1) is 0 Å². The molecule has 0 amide bonds. The summed E-state index contributed by atoms with van der Waals surface area (Å²) >= 11 is 0. The topological polar surface area (TPSA) is 44.5 Å². The fourth-order valence-corrected chi connectivity index (χ4v) is 0.287. The predicted octanol–water partition coefficient (Wildman–Crippen LogP) is 0.335. The first-order chi connectivity index (χ1) is 3.41. The van der Waals surface area contributed by atoms with Gasteiger partial charge in [-0.3, -0.25) is 0 Å². The van der Waals surface area contributed by atoms with Gasteiger partial charge in [0.1, 0.15) is 0 Å². The maximum atomic E-state index is 4.71. The number of methoxy groups -OCH3 is 1. The Kier molecular flexibility index (Phi) is 14.1. The van der Waals surface area contributed by atoms with Crippen molar-refractivity contribution < 1.29 is 9.57 Å². The first-order valence-corrected chi connectivity index (χ1v) is 2.22. The molecule has 0 radical (unpaired) electrons. The van der Waals surface area contributed by atoms with E-state index in [9.17, 15) is 0 Å². The molecular weight excluding hydrogens is 130 g/mol. The van der Waals surface area contributed by atoms with E-state index in [0.717, 1.165) is 13.0 Å². The summed E-state index contributed by atoms with van der Waals surface area (Å²) < 4.78 is 4.71. The molecule has 0 aliphatic rings. The van der Waals surface area contributed by atoms with Crippen molar-refractivity contribution in [1.82, 2.24) is 0 Å². The minimum atomic E-state index is 0. The molecule has 0 aliphatic heterocycles. The van der Waals surface area contributed by atoms with Crippen LogP contribution in [-0.2, 0) is 9.57 Å². The number of nitrogens with two attached hydrogens (primary N) is 1. The summed E-state index contributed by atoms with van der Waals surface area (Å²) in [5.74, 6) is 4.71. The van der Waals surface area contributed by atoms with E-state index in [4.69, 9.17) is 10.6 Å². The molecule has 4 heteroatoms. The van der Waals surface area contributed by atoms with E-state index >= 15 is 0 Å². The van der Waals surface area contributed by atoms with Crippen LogP contribution >= 0.6 is 12.4 Å². The maximum Gasteiger partial charge on any atom is 0.0701 e. The Morgan fingerprint density at radius 2 is 2.00 bits per heavy atom. The molecule has 0 unspecified atom stereocenters. The zero-order valence-corrected chi connectivity index (χ0v) is 5.74. The Bertz CT molecular complexity index is 33.2. The Balaban J connectivity index is 0. The fourth-order valence-electron chi connectivity index (χ4n) is 0.287. The molecular formula is C4H12ClNO2. The van der Waals surface area contributed by atoms with Crippen molar-refractivity contribution in [1.29, 1.82) is 0 Å². The quantitative estimate of drug-likeness (QED) is 0.454. The van der Waals surface area contributed by atoms with E-state index in [1.807, 2.05) is 0 Å². The van der Waals surface area contributed by atoms with Crippen LogP contribution in [0.1, 0.15) is 6.42 Å². The van der Waals surface area contributed by atoms with Gasteiger partial charge in [0, 0.05) is 13.7 Å². The van der Waals surface area contributed by atoms with Crippen LogP contribution < -0.4 is 5.90 Å². The van der Waals surface area contributed by atoms with Gasteiger partial charge in [-0.1, -0.05) is 0 Å². The molecule has 0 aromatic carbocycles. The van der Waals surface area contributed by atoms with Crippen LogP contribution in [0.15, 0.2) is 0 Å². The SMILES string of the molecule is COCCCON.Cl. The number of rotatable bonds is 4. The van der Waals surface area contributed by atoms with Gasteiger partial charge in [-0.15, -0.1) is 12.4 Å². The molecule has 0 saturated carbocycles. The molecule has 0 fully saturated rings. The first kappa shape index (κ1) is 11.0. The summed E-state index contributed by atoms with van der Waals surface area (Å²) in [4.78, 5) is 4.26. The third-order valence-electron chi connectivity index (χ3n) is 0.611. The van der Waals surface area contributed by atoms with Crippen molar-refractivity contribution in [3.63, 3.8) is 0 Å². The third-order valence-corrected chi connectivity index (χ3v) is 0.611. The minimum absolute atomic E-state index is 0. The molecule has 2 N–H and O–H groups in total. The third kappa shape index (κ3) is 9.48. The fraction of sp³-hybridized carbons (Fsp3) is 1.00. The van der Waals surface area contributed by atoms with Crippen LogP contribution in [0.3, 0.4) is 0 Å². The van der Waals surface area contributed by atoms with Gasteiger partial charge in [0.15, 0.2) is 0 Å². The van der Waals surface area contributed by atoms with Gasteiger partial charge in [0.05, 0.1) is 6.61 Å². The predicted molar refractivity (Wildman–Crippen MR) is 33.9 cm³/mol. The molecule has 3 nitrogen and oxygen atoms in total. The summed E-state index contributed by atoms with van der Waals surface area (Å²) in [7, 11) is 1.65. The Morgan fingerprint density at radius 1 is 1.38 bits per heavy atom. The second-order valence-corrected chi connectivity index (χ2v) is 1.22. The van der Waals surface area contributed by atoms with Crippen molar-refractivity contribution in [3.8, 4) is 0 Å². The first-order valence-electron chi connectivity index (χ1n) is 2.22. The molecule has 0 bridgehead atoms. The highest BCUT2D eigenvalue weighted by Crippen LogP contribution is 1.76. The van der Waals surface area contributed by atoms with Crippen LogP contribution in [0.2, 0.25) is 0 Å². The number of hydrogen-bond donors (Lipinski definition) is 1. The van der Waals surface area contributed by atoms with Gasteiger partial charge in [-0.25, -0.2) is 5.90 Å². The Labute approximate surface area is 55.5 Å². The zero-order valence-electron chi connectivity index (χ0n) is 4.92. The Hall–Kier alpha value is 0.170. The molecule has 8 heavy (non-hydrogen) atoms. The van der Waals surface area contributed by atoms with E-state index in [0.29, 0.717) is 6.61 Å². The van der Waals surface area contributed by atoms with Crippen molar-refractivity contribution >= 4 is 12.4 Å². The van der Waals surface area contributed by atoms with Gasteiger partial charge in [-0.2, -0.15) is 0 Å². The number of ether oxygens (including phenoxy) is 1. The van der Waals surface area contributed by atoms with Crippen molar-refractivity contribution in [3.05, 3.63) is 0 Å². The lowest BCUT2D eigenvalue weighted by atomic mass is 10.5. The Morgan fingerprint density at radius 3 is 2.38 bits per heavy atom. The summed E-state index contributed by atoms with van der Waals surface area (Å²) in [5, 5.41) is 0.